The fraction of sp³-hybridized carbons (Fsp3) is 0.722. The van der Waals surface area contributed by atoms with Crippen LogP contribution in [0.1, 0.15) is 56.6 Å². The molecule has 4 fully saturated rings. The minimum absolute atomic E-state index is 0.530. The van der Waals surface area contributed by atoms with E-state index >= 15 is 0 Å². The molecule has 0 saturated heterocycles. The van der Waals surface area contributed by atoms with Crippen molar-refractivity contribution < 1.29 is 0 Å². The smallest absolute Gasteiger partial charge is 0.0440 e. The summed E-state index contributed by atoms with van der Waals surface area (Å²) >= 11 is 0. The first-order valence-electron chi connectivity index (χ1n) is 8.40. The molecular weight excluding hydrogens is 244 g/mol. The monoisotopic (exact) mass is 270 g/mol. The normalized spacial score (nSPS) is 40.0. The van der Waals surface area contributed by atoms with Gasteiger partial charge in [0.15, 0.2) is 0 Å². The number of hydrogen-bond donors (Lipinski definition) is 1. The van der Waals surface area contributed by atoms with Gasteiger partial charge in [0.2, 0.25) is 0 Å². The lowest BCUT2D eigenvalue weighted by molar-refractivity contribution is -0.0704. The topological polar surface area (TPSA) is 38.9 Å². The van der Waals surface area contributed by atoms with E-state index in [1.165, 1.54) is 44.2 Å². The first kappa shape index (κ1) is 12.8. The Morgan fingerprint density at radius 1 is 1.10 bits per heavy atom. The molecule has 1 heterocycles. The Kier molecular flexibility index (Phi) is 3.10. The highest BCUT2D eigenvalue weighted by Crippen LogP contribution is 2.64. The van der Waals surface area contributed by atoms with Gasteiger partial charge in [-0.1, -0.05) is 6.07 Å². The van der Waals surface area contributed by atoms with Gasteiger partial charge in [0, 0.05) is 17.8 Å². The van der Waals surface area contributed by atoms with Crippen LogP contribution in [-0.4, -0.2) is 11.5 Å². The van der Waals surface area contributed by atoms with Gasteiger partial charge < -0.3 is 5.73 Å². The van der Waals surface area contributed by atoms with Crippen molar-refractivity contribution in [2.24, 2.45) is 28.9 Å². The lowest BCUT2D eigenvalue weighted by atomic mass is 9.46. The molecule has 1 aromatic rings. The van der Waals surface area contributed by atoms with Gasteiger partial charge in [0.25, 0.3) is 0 Å². The molecular formula is C18H26N2. The van der Waals surface area contributed by atoms with Crippen LogP contribution in [-0.2, 0) is 0 Å². The van der Waals surface area contributed by atoms with E-state index in [0.29, 0.717) is 11.3 Å². The second-order valence-corrected chi connectivity index (χ2v) is 7.66. The maximum Gasteiger partial charge on any atom is 0.0440 e. The molecule has 2 heteroatoms. The molecule has 108 valence electrons. The SMILES string of the molecule is NCCC(c1ccccn1)C12CC3CC(CC(C3)C1)C2. The maximum absolute atomic E-state index is 5.96. The van der Waals surface area contributed by atoms with E-state index in [2.05, 4.69) is 12.1 Å². The highest BCUT2D eigenvalue weighted by molar-refractivity contribution is 5.18. The molecule has 1 aromatic heterocycles. The summed E-state index contributed by atoms with van der Waals surface area (Å²) in [5, 5.41) is 0. The van der Waals surface area contributed by atoms with E-state index in [9.17, 15) is 0 Å². The largest absolute Gasteiger partial charge is 0.330 e. The summed E-state index contributed by atoms with van der Waals surface area (Å²) in [4.78, 5) is 4.70. The Morgan fingerprint density at radius 3 is 2.25 bits per heavy atom. The molecule has 0 aliphatic heterocycles. The van der Waals surface area contributed by atoms with Crippen LogP contribution in [0.3, 0.4) is 0 Å². The maximum atomic E-state index is 5.96. The quantitative estimate of drug-likeness (QED) is 0.905. The number of nitrogens with two attached hydrogens (primary N) is 1. The van der Waals surface area contributed by atoms with Crippen molar-refractivity contribution in [2.45, 2.75) is 50.9 Å². The third-order valence-electron chi connectivity index (χ3n) is 6.32. The molecule has 4 aliphatic carbocycles. The summed E-state index contributed by atoms with van der Waals surface area (Å²) in [6, 6.07) is 6.41. The molecule has 4 aliphatic rings. The summed E-state index contributed by atoms with van der Waals surface area (Å²) < 4.78 is 0. The molecule has 2 N–H and O–H groups in total. The second kappa shape index (κ2) is 4.84. The Morgan fingerprint density at radius 2 is 1.75 bits per heavy atom. The fourth-order valence-corrected chi connectivity index (χ4v) is 6.12. The molecule has 0 aromatic carbocycles. The first-order chi connectivity index (χ1) is 9.79. The predicted molar refractivity (Wildman–Crippen MR) is 81.3 cm³/mol. The van der Waals surface area contributed by atoms with E-state index in [1.54, 1.807) is 0 Å². The van der Waals surface area contributed by atoms with Crippen LogP contribution in [0.15, 0.2) is 24.4 Å². The molecule has 20 heavy (non-hydrogen) atoms. The van der Waals surface area contributed by atoms with E-state index in [0.717, 1.165) is 30.7 Å². The number of aromatic nitrogens is 1. The van der Waals surface area contributed by atoms with Gasteiger partial charge >= 0.3 is 0 Å². The van der Waals surface area contributed by atoms with E-state index < -0.39 is 0 Å². The van der Waals surface area contributed by atoms with Crippen molar-refractivity contribution in [2.75, 3.05) is 6.54 Å². The molecule has 4 saturated carbocycles. The van der Waals surface area contributed by atoms with E-state index in [1.807, 2.05) is 12.3 Å². The van der Waals surface area contributed by atoms with Crippen LogP contribution in [0.5, 0.6) is 0 Å². The molecule has 2 nitrogen and oxygen atoms in total. The van der Waals surface area contributed by atoms with Gasteiger partial charge in [-0.05, 0) is 86.8 Å². The minimum Gasteiger partial charge on any atom is -0.330 e. The fourth-order valence-electron chi connectivity index (χ4n) is 6.12. The number of nitrogens with zero attached hydrogens (tertiary/aromatic N) is 1. The number of hydrogen-bond acceptors (Lipinski definition) is 2. The van der Waals surface area contributed by atoms with Crippen molar-refractivity contribution in [3.8, 4) is 0 Å². The van der Waals surface area contributed by atoms with Crippen LogP contribution < -0.4 is 5.73 Å². The number of pyridine rings is 1. The first-order valence-corrected chi connectivity index (χ1v) is 8.40. The average Bonchev–Trinajstić information content (AvgIpc) is 2.44. The summed E-state index contributed by atoms with van der Waals surface area (Å²) in [5.41, 5.74) is 7.79. The summed E-state index contributed by atoms with van der Waals surface area (Å²) in [7, 11) is 0. The minimum atomic E-state index is 0.530. The van der Waals surface area contributed by atoms with Crippen molar-refractivity contribution in [3.05, 3.63) is 30.1 Å². The van der Waals surface area contributed by atoms with Crippen LogP contribution in [0, 0.1) is 23.2 Å². The van der Waals surface area contributed by atoms with Gasteiger partial charge in [0.05, 0.1) is 0 Å². The van der Waals surface area contributed by atoms with Crippen LogP contribution >= 0.6 is 0 Å². The van der Waals surface area contributed by atoms with Gasteiger partial charge in [-0.2, -0.15) is 0 Å². The summed E-state index contributed by atoms with van der Waals surface area (Å²) in [6.45, 7) is 0.795. The van der Waals surface area contributed by atoms with Gasteiger partial charge in [0.1, 0.15) is 0 Å². The lowest BCUT2D eigenvalue weighted by Gasteiger charge is -2.59. The Hall–Kier alpha value is -0.890. The van der Waals surface area contributed by atoms with Crippen molar-refractivity contribution in [1.29, 1.82) is 0 Å². The van der Waals surface area contributed by atoms with Crippen molar-refractivity contribution in [1.82, 2.24) is 4.98 Å². The highest BCUT2D eigenvalue weighted by atomic mass is 14.7. The molecule has 5 rings (SSSR count). The van der Waals surface area contributed by atoms with Crippen molar-refractivity contribution >= 4 is 0 Å². The number of rotatable bonds is 4. The Bertz CT molecular complexity index is 432. The zero-order valence-corrected chi connectivity index (χ0v) is 12.3. The van der Waals surface area contributed by atoms with Gasteiger partial charge in [-0.3, -0.25) is 4.98 Å². The lowest BCUT2D eigenvalue weighted by Crippen LogP contribution is -2.49. The third-order valence-corrected chi connectivity index (χ3v) is 6.32. The molecule has 4 bridgehead atoms. The zero-order chi connectivity index (χ0) is 13.6. The molecule has 1 atom stereocenters. The summed E-state index contributed by atoms with van der Waals surface area (Å²) in [5.74, 6) is 3.61. The second-order valence-electron chi connectivity index (χ2n) is 7.66. The van der Waals surface area contributed by atoms with Gasteiger partial charge in [-0.25, -0.2) is 0 Å². The van der Waals surface area contributed by atoms with Crippen LogP contribution in [0.2, 0.25) is 0 Å². The molecule has 0 radical (unpaired) electrons. The Labute approximate surface area is 122 Å². The standard InChI is InChI=1S/C18H26N2/c19-5-4-16(17-3-1-2-6-20-17)18-10-13-7-14(11-18)9-15(8-13)12-18/h1-3,6,13-16H,4-5,7-12,19H2. The van der Waals surface area contributed by atoms with Crippen LogP contribution in [0.25, 0.3) is 0 Å². The predicted octanol–water partition coefficient (Wildman–Crippen LogP) is 3.73. The Balaban J connectivity index is 1.69. The highest BCUT2D eigenvalue weighted by Gasteiger charge is 2.54. The van der Waals surface area contributed by atoms with Crippen LogP contribution in [0.4, 0.5) is 0 Å². The third kappa shape index (κ3) is 2.00. The molecule has 1 unspecified atom stereocenters. The molecule has 0 amide bonds. The van der Waals surface area contributed by atoms with E-state index in [-0.39, 0.29) is 0 Å². The summed E-state index contributed by atoms with van der Waals surface area (Å²) in [6.07, 6.45) is 11.9. The van der Waals surface area contributed by atoms with Gasteiger partial charge in [-0.15, -0.1) is 0 Å². The molecule has 0 spiro atoms. The van der Waals surface area contributed by atoms with Crippen molar-refractivity contribution in [3.63, 3.8) is 0 Å². The average molecular weight is 270 g/mol. The zero-order valence-electron chi connectivity index (χ0n) is 12.3. The van der Waals surface area contributed by atoms with E-state index in [4.69, 9.17) is 10.7 Å².